The lowest BCUT2D eigenvalue weighted by molar-refractivity contribution is 0.0365. The molecule has 12 heteroatoms. The van der Waals surface area contributed by atoms with Crippen molar-refractivity contribution < 1.29 is 22.4 Å². The van der Waals surface area contributed by atoms with Crippen molar-refractivity contribution in [2.75, 3.05) is 27.7 Å². The molecule has 1 aromatic carbocycles. The van der Waals surface area contributed by atoms with Gasteiger partial charge in [0.1, 0.15) is 5.82 Å². The summed E-state index contributed by atoms with van der Waals surface area (Å²) in [5, 5.41) is 6.17. The van der Waals surface area contributed by atoms with E-state index < -0.39 is 21.9 Å². The number of carbonyl (C=O) groups excluding carboxylic acids is 1. The monoisotopic (exact) mass is 514 g/mol. The van der Waals surface area contributed by atoms with Crippen LogP contribution in [0.1, 0.15) is 48.5 Å². The van der Waals surface area contributed by atoms with Crippen molar-refractivity contribution in [2.45, 2.75) is 32.6 Å². The fourth-order valence-electron chi connectivity index (χ4n) is 3.41. The Labute approximate surface area is 208 Å². The Balaban J connectivity index is 1.70. The molecule has 1 amide bonds. The summed E-state index contributed by atoms with van der Waals surface area (Å²) >= 11 is 0. The van der Waals surface area contributed by atoms with Crippen molar-refractivity contribution in [3.8, 4) is 0 Å². The molecule has 36 heavy (non-hydrogen) atoms. The van der Waals surface area contributed by atoms with E-state index in [1.807, 2.05) is 12.1 Å². The Morgan fingerprint density at radius 2 is 1.83 bits per heavy atom. The number of pyridine rings is 2. The van der Waals surface area contributed by atoms with Gasteiger partial charge in [0.15, 0.2) is 0 Å². The molecule has 0 radical (unpaired) electrons. The number of nitrogens with one attached hydrogen (secondary N) is 4. The maximum absolute atomic E-state index is 13.2. The van der Waals surface area contributed by atoms with Crippen LogP contribution in [0.2, 0.25) is 0 Å². The summed E-state index contributed by atoms with van der Waals surface area (Å²) in [6, 6.07) is 9.83. The van der Waals surface area contributed by atoms with E-state index in [2.05, 4.69) is 30.8 Å². The van der Waals surface area contributed by atoms with Gasteiger partial charge in [-0.2, -0.15) is 4.39 Å². The quantitative estimate of drug-likeness (QED) is 0.218. The van der Waals surface area contributed by atoms with Gasteiger partial charge in [0.05, 0.1) is 46.9 Å². The second kappa shape index (κ2) is 10.9. The molecule has 190 valence electrons. The summed E-state index contributed by atoms with van der Waals surface area (Å²) < 4.78 is 40.5. The van der Waals surface area contributed by atoms with E-state index in [1.165, 1.54) is 24.5 Å². The molecule has 3 aromatic rings. The number of amides is 1. The molecule has 0 bridgehead atoms. The predicted molar refractivity (Wildman–Crippen MR) is 136 cm³/mol. The number of nitrogens with zero attached hydrogens (tertiary/aromatic N) is 2. The molecule has 0 unspecified atom stereocenters. The fraction of sp³-hybridized carbons (Fsp3) is 0.292. The van der Waals surface area contributed by atoms with Gasteiger partial charge >= 0.3 is 0 Å². The number of halogens is 1. The number of hydrogen-bond donors (Lipinski definition) is 4. The Kier molecular flexibility index (Phi) is 7.65. The SMILES string of the molecule is CCONC(=O)c1cnc(Nc2ccc(F)nc2)cc1Nc1ccc(C2CC2)cc1NS(=O)(=O)CC. The standard InChI is InChI=1S/C24H27FN6O4S/c1-3-35-30-24(32)18-14-27-23(28-17-8-10-22(25)26-13-17)12-20(18)29-19-9-7-16(15-5-6-15)11-21(19)31-36(33,34)4-2/h7-15,31H,3-6H2,1-2H3,(H,30,32)(H2,27,28,29). The van der Waals surface area contributed by atoms with Crippen molar-refractivity contribution in [1.29, 1.82) is 0 Å². The number of hydroxylamine groups is 1. The van der Waals surface area contributed by atoms with E-state index in [9.17, 15) is 17.6 Å². The molecule has 4 N–H and O–H groups in total. The van der Waals surface area contributed by atoms with Gasteiger partial charge in [-0.3, -0.25) is 14.4 Å². The van der Waals surface area contributed by atoms with Crippen LogP contribution in [0.25, 0.3) is 0 Å². The number of aromatic nitrogens is 2. The highest BCUT2D eigenvalue weighted by molar-refractivity contribution is 7.92. The van der Waals surface area contributed by atoms with Gasteiger partial charge in [-0.1, -0.05) is 6.07 Å². The average molecular weight is 515 g/mol. The van der Waals surface area contributed by atoms with E-state index in [-0.39, 0.29) is 17.9 Å². The van der Waals surface area contributed by atoms with Crippen LogP contribution in [-0.2, 0) is 14.9 Å². The Morgan fingerprint density at radius 3 is 2.50 bits per heavy atom. The molecule has 0 spiro atoms. The number of sulfonamides is 1. The van der Waals surface area contributed by atoms with Gasteiger partial charge in [-0.05, 0) is 62.4 Å². The van der Waals surface area contributed by atoms with Crippen molar-refractivity contribution in [3.05, 3.63) is 65.9 Å². The van der Waals surface area contributed by atoms with Crippen LogP contribution in [0.5, 0.6) is 0 Å². The molecule has 2 aromatic heterocycles. The second-order valence-electron chi connectivity index (χ2n) is 8.18. The summed E-state index contributed by atoms with van der Waals surface area (Å²) in [6.45, 7) is 3.56. The van der Waals surface area contributed by atoms with E-state index in [0.717, 1.165) is 18.4 Å². The summed E-state index contributed by atoms with van der Waals surface area (Å²) in [5.74, 6) is -0.471. The molecular weight excluding hydrogens is 487 g/mol. The van der Waals surface area contributed by atoms with Gasteiger partial charge in [0.2, 0.25) is 16.0 Å². The first-order chi connectivity index (χ1) is 17.3. The molecule has 1 fully saturated rings. The van der Waals surface area contributed by atoms with Crippen molar-refractivity contribution >= 4 is 44.5 Å². The van der Waals surface area contributed by atoms with Crippen LogP contribution in [0.4, 0.5) is 33.0 Å². The van der Waals surface area contributed by atoms with Gasteiger partial charge < -0.3 is 10.6 Å². The second-order valence-corrected chi connectivity index (χ2v) is 10.2. The summed E-state index contributed by atoms with van der Waals surface area (Å²) in [5.41, 5.74) is 5.23. The van der Waals surface area contributed by atoms with Crippen LogP contribution in [0.15, 0.2) is 48.8 Å². The smallest absolute Gasteiger partial charge is 0.278 e. The van der Waals surface area contributed by atoms with Crippen molar-refractivity contribution in [2.24, 2.45) is 0 Å². The molecule has 1 aliphatic carbocycles. The largest absolute Gasteiger partial charge is 0.353 e. The topological polar surface area (TPSA) is 134 Å². The lowest BCUT2D eigenvalue weighted by Gasteiger charge is -2.18. The normalized spacial score (nSPS) is 13.2. The first kappa shape index (κ1) is 25.3. The van der Waals surface area contributed by atoms with Crippen molar-refractivity contribution in [1.82, 2.24) is 15.4 Å². The van der Waals surface area contributed by atoms with E-state index in [4.69, 9.17) is 4.84 Å². The van der Waals surface area contributed by atoms with Crippen LogP contribution in [0.3, 0.4) is 0 Å². The van der Waals surface area contributed by atoms with E-state index in [0.29, 0.717) is 34.5 Å². The molecule has 1 aliphatic rings. The van der Waals surface area contributed by atoms with Crippen molar-refractivity contribution in [3.63, 3.8) is 0 Å². The highest BCUT2D eigenvalue weighted by Gasteiger charge is 2.25. The van der Waals surface area contributed by atoms with Crippen LogP contribution in [-0.4, -0.2) is 36.7 Å². The predicted octanol–water partition coefficient (Wildman–Crippen LogP) is 4.42. The number of anilines is 5. The highest BCUT2D eigenvalue weighted by Crippen LogP contribution is 2.42. The lowest BCUT2D eigenvalue weighted by atomic mass is 10.1. The Morgan fingerprint density at radius 1 is 1.03 bits per heavy atom. The zero-order valence-corrected chi connectivity index (χ0v) is 20.7. The van der Waals surface area contributed by atoms with Gasteiger partial charge in [0, 0.05) is 12.3 Å². The number of hydrogen-bond acceptors (Lipinski definition) is 8. The van der Waals surface area contributed by atoms with Gasteiger partial charge in [-0.15, -0.1) is 0 Å². The summed E-state index contributed by atoms with van der Waals surface area (Å²) in [6.07, 6.45) is 4.79. The van der Waals surface area contributed by atoms with E-state index >= 15 is 0 Å². The maximum Gasteiger partial charge on any atom is 0.278 e. The minimum Gasteiger partial charge on any atom is -0.353 e. The maximum atomic E-state index is 13.2. The fourth-order valence-corrected chi connectivity index (χ4v) is 4.06. The van der Waals surface area contributed by atoms with E-state index in [1.54, 1.807) is 26.0 Å². The highest BCUT2D eigenvalue weighted by atomic mass is 32.2. The number of rotatable bonds is 11. The zero-order chi connectivity index (χ0) is 25.7. The number of benzene rings is 1. The Bertz CT molecular complexity index is 1350. The first-order valence-electron chi connectivity index (χ1n) is 11.5. The summed E-state index contributed by atoms with van der Waals surface area (Å²) in [7, 11) is -3.55. The molecule has 0 atom stereocenters. The van der Waals surface area contributed by atoms with Crippen LogP contribution >= 0.6 is 0 Å². The number of carbonyl (C=O) groups is 1. The molecule has 2 heterocycles. The molecular formula is C24H27FN6O4S. The average Bonchev–Trinajstić information content (AvgIpc) is 3.71. The van der Waals surface area contributed by atoms with Crippen LogP contribution in [0, 0.1) is 5.95 Å². The molecule has 1 saturated carbocycles. The first-order valence-corrected chi connectivity index (χ1v) is 13.2. The third-order valence-corrected chi connectivity index (χ3v) is 6.76. The van der Waals surface area contributed by atoms with Gasteiger partial charge in [0.25, 0.3) is 5.91 Å². The Hall–Kier alpha value is -3.77. The molecule has 0 saturated heterocycles. The third kappa shape index (κ3) is 6.46. The van der Waals surface area contributed by atoms with Gasteiger partial charge in [-0.25, -0.2) is 23.9 Å². The molecule has 0 aliphatic heterocycles. The lowest BCUT2D eigenvalue weighted by Crippen LogP contribution is -2.24. The third-order valence-electron chi connectivity index (χ3n) is 5.46. The minimum atomic E-state index is -3.55. The van der Waals surface area contributed by atoms with Crippen LogP contribution < -0.4 is 20.8 Å². The zero-order valence-electron chi connectivity index (χ0n) is 19.8. The minimum absolute atomic E-state index is 0.0862. The summed E-state index contributed by atoms with van der Waals surface area (Å²) in [4.78, 5) is 25.6. The molecule has 4 rings (SSSR count). The molecule has 10 nitrogen and oxygen atoms in total.